The van der Waals surface area contributed by atoms with E-state index in [1.54, 1.807) is 7.05 Å². The zero-order valence-corrected chi connectivity index (χ0v) is 5.99. The van der Waals surface area contributed by atoms with Gasteiger partial charge in [0.15, 0.2) is 0 Å². The zero-order valence-electron chi connectivity index (χ0n) is 5.99. The fourth-order valence-corrected chi connectivity index (χ4v) is 1.20. The molecule has 1 aliphatic rings. The van der Waals surface area contributed by atoms with E-state index in [4.69, 9.17) is 0 Å². The van der Waals surface area contributed by atoms with Crippen LogP contribution in [-0.2, 0) is 4.79 Å². The van der Waals surface area contributed by atoms with Gasteiger partial charge in [-0.3, -0.25) is 4.79 Å². The molecule has 3 nitrogen and oxygen atoms in total. The van der Waals surface area contributed by atoms with Gasteiger partial charge in [-0.15, -0.1) is 0 Å². The van der Waals surface area contributed by atoms with Gasteiger partial charge in [-0.05, 0) is 20.9 Å². The highest BCUT2D eigenvalue weighted by Gasteiger charge is 2.44. The largest absolute Gasteiger partial charge is 0.348 e. The maximum absolute atomic E-state index is 10.7. The highest BCUT2D eigenvalue weighted by molar-refractivity contribution is 5.90. The molecule has 0 spiro atoms. The van der Waals surface area contributed by atoms with Crippen LogP contribution >= 0.6 is 0 Å². The van der Waals surface area contributed by atoms with Crippen LogP contribution in [0.3, 0.4) is 0 Å². The Morgan fingerprint density at radius 3 is 2.33 bits per heavy atom. The molecular weight excluding hydrogens is 116 g/mol. The first-order valence-electron chi connectivity index (χ1n) is 3.07. The number of carbonyl (C=O) groups excluding carboxylic acids is 1. The number of nitrogens with one attached hydrogen (secondary N) is 2. The van der Waals surface area contributed by atoms with Gasteiger partial charge in [0.1, 0.15) is 6.04 Å². The number of hydrogen-bond acceptors (Lipinski definition) is 2. The summed E-state index contributed by atoms with van der Waals surface area (Å²) in [4.78, 5) is 10.7. The lowest BCUT2D eigenvalue weighted by Crippen LogP contribution is -2.74. The topological polar surface area (TPSA) is 41.1 Å². The molecule has 1 atom stereocenters. The fourth-order valence-electron chi connectivity index (χ4n) is 1.20. The Balaban J connectivity index is 2.58. The van der Waals surface area contributed by atoms with Crippen molar-refractivity contribution in [1.29, 1.82) is 0 Å². The molecule has 0 aromatic carbocycles. The van der Waals surface area contributed by atoms with Gasteiger partial charge in [0, 0.05) is 0 Å². The minimum atomic E-state index is -0.0498. The third-order valence-electron chi connectivity index (χ3n) is 1.72. The summed E-state index contributed by atoms with van der Waals surface area (Å²) in [5.41, 5.74) is -0.0498. The van der Waals surface area contributed by atoms with Crippen molar-refractivity contribution in [3.05, 3.63) is 0 Å². The number of amides is 1. The van der Waals surface area contributed by atoms with Gasteiger partial charge >= 0.3 is 0 Å². The van der Waals surface area contributed by atoms with Crippen LogP contribution in [0.15, 0.2) is 0 Å². The molecule has 0 bridgehead atoms. The summed E-state index contributed by atoms with van der Waals surface area (Å²) in [5, 5.41) is 5.71. The standard InChI is InChI=1S/C6H12N2O/c1-6(2)4(7-3)5(9)8-6/h4,7H,1-3H3,(H,8,9). The second kappa shape index (κ2) is 1.70. The van der Waals surface area contributed by atoms with Crippen LogP contribution in [0.5, 0.6) is 0 Å². The van der Waals surface area contributed by atoms with E-state index in [1.165, 1.54) is 0 Å². The Kier molecular flexibility index (Phi) is 1.24. The minimum Gasteiger partial charge on any atom is -0.348 e. The van der Waals surface area contributed by atoms with Gasteiger partial charge in [-0.25, -0.2) is 0 Å². The number of β-lactam (4-membered cyclic amide) rings is 1. The quantitative estimate of drug-likeness (QED) is 0.467. The molecule has 1 aliphatic heterocycles. The van der Waals surface area contributed by atoms with Crippen LogP contribution in [0.4, 0.5) is 0 Å². The summed E-state index contributed by atoms with van der Waals surface area (Å²) in [6.07, 6.45) is 0. The predicted octanol–water partition coefficient (Wildman–Crippen LogP) is -0.517. The van der Waals surface area contributed by atoms with Gasteiger partial charge in [0.25, 0.3) is 0 Å². The third-order valence-corrected chi connectivity index (χ3v) is 1.72. The van der Waals surface area contributed by atoms with Crippen LogP contribution < -0.4 is 10.6 Å². The normalized spacial score (nSPS) is 31.0. The van der Waals surface area contributed by atoms with Crippen molar-refractivity contribution in [3.63, 3.8) is 0 Å². The molecule has 0 saturated carbocycles. The monoisotopic (exact) mass is 128 g/mol. The van der Waals surface area contributed by atoms with Crippen molar-refractivity contribution in [2.45, 2.75) is 25.4 Å². The van der Waals surface area contributed by atoms with Gasteiger partial charge in [0.05, 0.1) is 5.54 Å². The lowest BCUT2D eigenvalue weighted by Gasteiger charge is -2.43. The summed E-state index contributed by atoms with van der Waals surface area (Å²) >= 11 is 0. The van der Waals surface area contributed by atoms with Gasteiger partial charge < -0.3 is 10.6 Å². The number of hydrogen-bond donors (Lipinski definition) is 2. The summed E-state index contributed by atoms with van der Waals surface area (Å²) in [6.45, 7) is 3.99. The molecule has 0 aromatic rings. The molecule has 3 heteroatoms. The Bertz CT molecular complexity index is 142. The van der Waals surface area contributed by atoms with Gasteiger partial charge in [0.2, 0.25) is 5.91 Å². The Hall–Kier alpha value is -0.570. The second-order valence-corrected chi connectivity index (χ2v) is 2.93. The highest BCUT2D eigenvalue weighted by Crippen LogP contribution is 2.17. The molecule has 1 saturated heterocycles. The lowest BCUT2D eigenvalue weighted by atomic mass is 9.86. The van der Waals surface area contributed by atoms with E-state index < -0.39 is 0 Å². The predicted molar refractivity (Wildman–Crippen MR) is 35.1 cm³/mol. The summed E-state index contributed by atoms with van der Waals surface area (Å²) < 4.78 is 0. The Morgan fingerprint density at radius 2 is 2.22 bits per heavy atom. The van der Waals surface area contributed by atoms with Crippen LogP contribution in [0.25, 0.3) is 0 Å². The van der Waals surface area contributed by atoms with Crippen molar-refractivity contribution in [3.8, 4) is 0 Å². The summed E-state index contributed by atoms with van der Waals surface area (Å²) in [5.74, 6) is 0.0995. The van der Waals surface area contributed by atoms with Crippen LogP contribution in [0.1, 0.15) is 13.8 Å². The van der Waals surface area contributed by atoms with Crippen LogP contribution in [-0.4, -0.2) is 24.5 Å². The average Bonchev–Trinajstić information content (AvgIpc) is 1.63. The maximum Gasteiger partial charge on any atom is 0.240 e. The van der Waals surface area contributed by atoms with E-state index in [-0.39, 0.29) is 17.5 Å². The first-order valence-corrected chi connectivity index (χ1v) is 3.07. The molecule has 1 amide bonds. The first-order chi connectivity index (χ1) is 4.08. The molecule has 1 fully saturated rings. The van der Waals surface area contributed by atoms with Crippen molar-refractivity contribution < 1.29 is 4.79 Å². The average molecular weight is 128 g/mol. The number of carbonyl (C=O) groups is 1. The SMILES string of the molecule is CNC1C(=O)NC1(C)C. The molecule has 2 N–H and O–H groups in total. The molecule has 0 aliphatic carbocycles. The van der Waals surface area contributed by atoms with E-state index in [9.17, 15) is 4.79 Å². The summed E-state index contributed by atoms with van der Waals surface area (Å²) in [7, 11) is 1.80. The third kappa shape index (κ3) is 0.812. The fraction of sp³-hybridized carbons (Fsp3) is 0.833. The lowest BCUT2D eigenvalue weighted by molar-refractivity contribution is -0.135. The van der Waals surface area contributed by atoms with Gasteiger partial charge in [-0.2, -0.15) is 0 Å². The van der Waals surface area contributed by atoms with Crippen LogP contribution in [0.2, 0.25) is 0 Å². The molecule has 0 radical (unpaired) electrons. The first kappa shape index (κ1) is 6.55. The number of likely N-dealkylation sites (N-methyl/N-ethyl adjacent to an activating group) is 1. The molecule has 0 aromatic heterocycles. The molecular formula is C6H12N2O. The number of rotatable bonds is 1. The summed E-state index contributed by atoms with van der Waals surface area (Å²) in [6, 6.07) is -0.00231. The van der Waals surface area contributed by atoms with Crippen molar-refractivity contribution in [1.82, 2.24) is 10.6 Å². The van der Waals surface area contributed by atoms with E-state index in [0.29, 0.717) is 0 Å². The van der Waals surface area contributed by atoms with E-state index in [1.807, 2.05) is 13.8 Å². The van der Waals surface area contributed by atoms with Crippen LogP contribution in [0, 0.1) is 0 Å². The zero-order chi connectivity index (χ0) is 7.07. The molecule has 1 rings (SSSR count). The van der Waals surface area contributed by atoms with Crippen molar-refractivity contribution in [2.75, 3.05) is 7.05 Å². The minimum absolute atomic E-state index is 0.00231. The van der Waals surface area contributed by atoms with Crippen molar-refractivity contribution in [2.24, 2.45) is 0 Å². The molecule has 1 heterocycles. The second-order valence-electron chi connectivity index (χ2n) is 2.93. The highest BCUT2D eigenvalue weighted by atomic mass is 16.2. The van der Waals surface area contributed by atoms with Gasteiger partial charge in [-0.1, -0.05) is 0 Å². The molecule has 1 unspecified atom stereocenters. The smallest absolute Gasteiger partial charge is 0.240 e. The Labute approximate surface area is 54.8 Å². The van der Waals surface area contributed by atoms with E-state index >= 15 is 0 Å². The Morgan fingerprint density at radius 1 is 1.67 bits per heavy atom. The maximum atomic E-state index is 10.7. The van der Waals surface area contributed by atoms with E-state index in [0.717, 1.165) is 0 Å². The molecule has 9 heavy (non-hydrogen) atoms. The van der Waals surface area contributed by atoms with Crippen molar-refractivity contribution >= 4 is 5.91 Å². The van der Waals surface area contributed by atoms with E-state index in [2.05, 4.69) is 10.6 Å². The molecule has 52 valence electrons.